The Morgan fingerprint density at radius 2 is 2.00 bits per heavy atom. The number of terminal acetylenes is 1. The maximum Gasteiger partial charge on any atom is 0.273 e. The molecule has 1 N–H and O–H groups in total. The lowest BCUT2D eigenvalue weighted by Crippen LogP contribution is -2.41. The molecule has 0 saturated heterocycles. The van der Waals surface area contributed by atoms with Crippen molar-refractivity contribution < 1.29 is 13.3 Å². The molecule has 6 nitrogen and oxygen atoms in total. The number of sulfonamides is 1. The average Bonchev–Trinajstić information content (AvgIpc) is 2.27. The molecule has 0 saturated carbocycles. The van der Waals surface area contributed by atoms with E-state index in [1.165, 1.54) is 32.9 Å². The van der Waals surface area contributed by atoms with Gasteiger partial charge in [0.15, 0.2) is 0 Å². The summed E-state index contributed by atoms with van der Waals surface area (Å²) in [4.78, 5) is 9.99. The Hall–Kier alpha value is -1.91. The maximum absolute atomic E-state index is 12.1. The summed E-state index contributed by atoms with van der Waals surface area (Å²) in [7, 11) is -3.90. The number of aryl methyl sites for hydroxylation is 1. The standard InChI is InChI=1S/C12H14N2O4S/c1-5-12(3,4)13-19(17,18)10-7-6-9(2)11(8-10)14(15)16/h1,6-8,13H,2-4H3. The van der Waals surface area contributed by atoms with Gasteiger partial charge in [-0.1, -0.05) is 12.0 Å². The molecule has 0 aliphatic rings. The van der Waals surface area contributed by atoms with Gasteiger partial charge in [0.1, 0.15) is 0 Å². The fourth-order valence-electron chi connectivity index (χ4n) is 1.38. The number of benzene rings is 1. The van der Waals surface area contributed by atoms with Crippen molar-refractivity contribution in [2.24, 2.45) is 0 Å². The first-order valence-corrected chi connectivity index (χ1v) is 6.84. The fourth-order valence-corrected chi connectivity index (χ4v) is 2.74. The summed E-state index contributed by atoms with van der Waals surface area (Å²) >= 11 is 0. The molecule has 1 aromatic carbocycles. The van der Waals surface area contributed by atoms with E-state index in [9.17, 15) is 18.5 Å². The molecule has 0 amide bonds. The predicted octanol–water partition coefficient (Wildman–Crippen LogP) is 1.59. The predicted molar refractivity (Wildman–Crippen MR) is 71.1 cm³/mol. The third-order valence-electron chi connectivity index (χ3n) is 2.44. The zero-order valence-electron chi connectivity index (χ0n) is 10.8. The topological polar surface area (TPSA) is 89.3 Å². The minimum atomic E-state index is -3.90. The van der Waals surface area contributed by atoms with Crippen LogP contribution in [-0.2, 0) is 10.0 Å². The highest BCUT2D eigenvalue weighted by Gasteiger charge is 2.26. The van der Waals surface area contributed by atoms with Crippen LogP contribution in [0.25, 0.3) is 0 Å². The summed E-state index contributed by atoms with van der Waals surface area (Å²) in [5.74, 6) is 2.29. The Kier molecular flexibility index (Phi) is 3.98. The molecule has 0 fully saturated rings. The van der Waals surface area contributed by atoms with Crippen LogP contribution in [0.15, 0.2) is 23.1 Å². The van der Waals surface area contributed by atoms with Crippen molar-refractivity contribution in [2.75, 3.05) is 0 Å². The second-order valence-corrected chi connectivity index (χ2v) is 6.26. The van der Waals surface area contributed by atoms with E-state index in [4.69, 9.17) is 6.42 Å². The Labute approximate surface area is 112 Å². The number of nitrogens with one attached hydrogen (secondary N) is 1. The minimum absolute atomic E-state index is 0.187. The Morgan fingerprint density at radius 3 is 2.47 bits per heavy atom. The van der Waals surface area contributed by atoms with Gasteiger partial charge in [0.25, 0.3) is 5.69 Å². The summed E-state index contributed by atoms with van der Waals surface area (Å²) in [6.07, 6.45) is 5.21. The lowest BCUT2D eigenvalue weighted by Gasteiger charge is -2.19. The van der Waals surface area contributed by atoms with Crippen molar-refractivity contribution in [1.29, 1.82) is 0 Å². The van der Waals surface area contributed by atoms with Crippen LogP contribution in [0.5, 0.6) is 0 Å². The maximum atomic E-state index is 12.1. The van der Waals surface area contributed by atoms with Crippen molar-refractivity contribution in [3.63, 3.8) is 0 Å². The molecule has 0 bridgehead atoms. The van der Waals surface area contributed by atoms with Crippen LogP contribution in [0.1, 0.15) is 19.4 Å². The number of hydrogen-bond donors (Lipinski definition) is 1. The molecule has 0 aliphatic heterocycles. The molecule has 0 heterocycles. The molecule has 102 valence electrons. The van der Waals surface area contributed by atoms with E-state index in [1.54, 1.807) is 0 Å². The molecule has 7 heteroatoms. The van der Waals surface area contributed by atoms with Gasteiger partial charge >= 0.3 is 0 Å². The van der Waals surface area contributed by atoms with Gasteiger partial charge in [-0.2, -0.15) is 4.72 Å². The van der Waals surface area contributed by atoms with Crippen LogP contribution in [0.2, 0.25) is 0 Å². The first-order chi connectivity index (χ1) is 8.59. The summed E-state index contributed by atoms with van der Waals surface area (Å²) in [6.45, 7) is 4.58. The van der Waals surface area contributed by atoms with E-state index in [-0.39, 0.29) is 10.6 Å². The van der Waals surface area contributed by atoms with E-state index in [1.807, 2.05) is 0 Å². The van der Waals surface area contributed by atoms with Gasteiger partial charge in [0.2, 0.25) is 10.0 Å². The molecule has 0 aromatic heterocycles. The molecule has 1 aromatic rings. The fraction of sp³-hybridized carbons (Fsp3) is 0.333. The second kappa shape index (κ2) is 4.99. The van der Waals surface area contributed by atoms with Crippen LogP contribution in [-0.4, -0.2) is 18.9 Å². The summed E-state index contributed by atoms with van der Waals surface area (Å²) < 4.78 is 26.4. The van der Waals surface area contributed by atoms with Crippen LogP contribution in [0.4, 0.5) is 5.69 Å². The van der Waals surface area contributed by atoms with Gasteiger partial charge in [-0.15, -0.1) is 6.42 Å². The monoisotopic (exact) mass is 282 g/mol. The van der Waals surface area contributed by atoms with E-state index in [0.717, 1.165) is 6.07 Å². The largest absolute Gasteiger partial charge is 0.273 e. The van der Waals surface area contributed by atoms with Crippen LogP contribution >= 0.6 is 0 Å². The third kappa shape index (κ3) is 3.53. The minimum Gasteiger partial charge on any atom is -0.258 e. The van der Waals surface area contributed by atoms with Gasteiger partial charge in [0, 0.05) is 11.6 Å². The van der Waals surface area contributed by atoms with Gasteiger partial charge in [-0.25, -0.2) is 8.42 Å². The van der Waals surface area contributed by atoms with Crippen molar-refractivity contribution in [3.05, 3.63) is 33.9 Å². The van der Waals surface area contributed by atoms with Crippen LogP contribution in [0, 0.1) is 29.4 Å². The smallest absolute Gasteiger partial charge is 0.258 e. The molecular weight excluding hydrogens is 268 g/mol. The van der Waals surface area contributed by atoms with E-state index >= 15 is 0 Å². The molecule has 0 unspecified atom stereocenters. The summed E-state index contributed by atoms with van der Waals surface area (Å²) in [6, 6.07) is 3.71. The van der Waals surface area contributed by atoms with Crippen molar-refractivity contribution in [1.82, 2.24) is 4.72 Å². The highest BCUT2D eigenvalue weighted by Crippen LogP contribution is 2.22. The summed E-state index contributed by atoms with van der Waals surface area (Å²) in [5, 5.41) is 10.8. The number of rotatable bonds is 4. The molecule has 0 aliphatic carbocycles. The number of nitro groups is 1. The number of hydrogen-bond acceptors (Lipinski definition) is 4. The number of nitro benzene ring substituents is 1. The highest BCUT2D eigenvalue weighted by molar-refractivity contribution is 7.89. The molecule has 1 rings (SSSR count). The first kappa shape index (κ1) is 15.1. The van der Waals surface area contributed by atoms with Crippen molar-refractivity contribution >= 4 is 15.7 Å². The van der Waals surface area contributed by atoms with E-state index < -0.39 is 20.5 Å². The zero-order valence-corrected chi connectivity index (χ0v) is 11.6. The molecule has 0 atom stereocenters. The quantitative estimate of drug-likeness (QED) is 0.516. The van der Waals surface area contributed by atoms with Gasteiger partial charge in [0.05, 0.1) is 15.4 Å². The molecular formula is C12H14N2O4S. The number of nitrogens with zero attached hydrogens (tertiary/aromatic N) is 1. The van der Waals surface area contributed by atoms with Crippen molar-refractivity contribution in [2.45, 2.75) is 31.2 Å². The molecule has 0 spiro atoms. The average molecular weight is 282 g/mol. The van der Waals surface area contributed by atoms with E-state index in [0.29, 0.717) is 5.56 Å². The van der Waals surface area contributed by atoms with Crippen LogP contribution in [0.3, 0.4) is 0 Å². The first-order valence-electron chi connectivity index (χ1n) is 5.36. The highest BCUT2D eigenvalue weighted by atomic mass is 32.2. The van der Waals surface area contributed by atoms with E-state index in [2.05, 4.69) is 10.6 Å². The Balaban J connectivity index is 3.28. The Morgan fingerprint density at radius 1 is 1.42 bits per heavy atom. The second-order valence-electron chi connectivity index (χ2n) is 4.58. The van der Waals surface area contributed by atoms with Gasteiger partial charge in [-0.3, -0.25) is 10.1 Å². The Bertz CT molecular complexity index is 657. The van der Waals surface area contributed by atoms with Gasteiger partial charge in [-0.05, 0) is 26.8 Å². The van der Waals surface area contributed by atoms with Gasteiger partial charge < -0.3 is 0 Å². The normalized spacial score (nSPS) is 11.9. The SMILES string of the molecule is C#CC(C)(C)NS(=O)(=O)c1ccc(C)c([N+](=O)[O-])c1. The third-order valence-corrected chi connectivity index (χ3v) is 4.09. The molecule has 19 heavy (non-hydrogen) atoms. The lowest BCUT2D eigenvalue weighted by molar-refractivity contribution is -0.385. The zero-order chi connectivity index (χ0) is 14.8. The summed E-state index contributed by atoms with van der Waals surface area (Å²) in [5.41, 5.74) is -0.931. The lowest BCUT2D eigenvalue weighted by atomic mass is 10.1. The van der Waals surface area contributed by atoms with Crippen molar-refractivity contribution in [3.8, 4) is 12.3 Å². The molecule has 0 radical (unpaired) electrons. The van der Waals surface area contributed by atoms with Crippen LogP contribution < -0.4 is 4.72 Å².